The van der Waals surface area contributed by atoms with Crippen LogP contribution in [0.15, 0.2) is 60.7 Å². The first-order valence-electron chi connectivity index (χ1n) is 10.3. The molecule has 3 nitrogen and oxygen atoms in total. The molecule has 0 aliphatic heterocycles. The van der Waals surface area contributed by atoms with Gasteiger partial charge in [-0.05, 0) is 47.7 Å². The second kappa shape index (κ2) is 8.80. The number of thiazole rings is 1. The summed E-state index contributed by atoms with van der Waals surface area (Å²) in [5.74, 6) is 0.0162. The molecule has 0 aliphatic rings. The molecule has 1 heterocycles. The van der Waals surface area contributed by atoms with Crippen LogP contribution in [0.25, 0.3) is 10.8 Å². The van der Waals surface area contributed by atoms with Crippen LogP contribution in [0.2, 0.25) is 0 Å². The molecule has 4 rings (SSSR count). The van der Waals surface area contributed by atoms with Crippen LogP contribution < -0.4 is 5.32 Å². The summed E-state index contributed by atoms with van der Waals surface area (Å²) in [4.78, 5) is 18.6. The van der Waals surface area contributed by atoms with Gasteiger partial charge in [-0.3, -0.25) is 4.79 Å². The molecule has 152 valence electrons. The Bertz CT molecular complexity index is 1200. The number of anilines is 1. The lowest BCUT2D eigenvalue weighted by Crippen LogP contribution is -2.16. The van der Waals surface area contributed by atoms with E-state index in [1.807, 2.05) is 26.0 Å². The standard InChI is InChI=1S/C26H26N2OS/c1-4-19-11-7-9-17(2)26(19)28-24(29)16-23-18(3)27-25(30-23)15-21-13-8-12-20-10-5-6-14-22(20)21/h5-14H,4,15-16H2,1-3H3,(H,28,29). The second-order valence-corrected chi connectivity index (χ2v) is 8.79. The first kappa shape index (κ1) is 20.3. The summed E-state index contributed by atoms with van der Waals surface area (Å²) in [6.07, 6.45) is 2.04. The fourth-order valence-corrected chi connectivity index (χ4v) is 4.96. The molecule has 1 N–H and O–H groups in total. The summed E-state index contributed by atoms with van der Waals surface area (Å²) in [5, 5.41) is 6.69. The molecule has 1 amide bonds. The number of fused-ring (bicyclic) bond motifs is 1. The number of carbonyl (C=O) groups is 1. The Balaban J connectivity index is 1.51. The van der Waals surface area contributed by atoms with Gasteiger partial charge in [-0.2, -0.15) is 0 Å². The summed E-state index contributed by atoms with van der Waals surface area (Å²) in [5.41, 5.74) is 5.43. The lowest BCUT2D eigenvalue weighted by atomic mass is 10.0. The molecule has 1 aromatic heterocycles. The lowest BCUT2D eigenvalue weighted by Gasteiger charge is -2.12. The number of rotatable bonds is 6. The topological polar surface area (TPSA) is 42.0 Å². The third kappa shape index (κ3) is 4.29. The number of benzene rings is 3. The molecule has 0 saturated heterocycles. The Morgan fingerprint density at radius 2 is 1.70 bits per heavy atom. The van der Waals surface area contributed by atoms with Crippen LogP contribution in [-0.4, -0.2) is 10.9 Å². The molecule has 4 aromatic rings. The highest BCUT2D eigenvalue weighted by molar-refractivity contribution is 7.11. The maximum atomic E-state index is 12.8. The van der Waals surface area contributed by atoms with Crippen molar-refractivity contribution in [1.82, 2.24) is 4.98 Å². The Morgan fingerprint density at radius 1 is 0.967 bits per heavy atom. The SMILES string of the molecule is CCc1cccc(C)c1NC(=O)Cc1sc(Cc2cccc3ccccc23)nc1C. The minimum Gasteiger partial charge on any atom is -0.325 e. The number of aromatic nitrogens is 1. The van der Waals surface area contributed by atoms with Gasteiger partial charge in [0.05, 0.1) is 17.1 Å². The Hall–Kier alpha value is -2.98. The van der Waals surface area contributed by atoms with Crippen molar-refractivity contribution >= 4 is 33.7 Å². The smallest absolute Gasteiger partial charge is 0.229 e. The zero-order chi connectivity index (χ0) is 21.1. The van der Waals surface area contributed by atoms with E-state index < -0.39 is 0 Å². The average Bonchev–Trinajstić information content (AvgIpc) is 3.08. The summed E-state index contributed by atoms with van der Waals surface area (Å²) < 4.78 is 0. The first-order chi connectivity index (χ1) is 14.5. The van der Waals surface area contributed by atoms with Crippen LogP contribution in [0.3, 0.4) is 0 Å². The second-order valence-electron chi connectivity index (χ2n) is 7.62. The fourth-order valence-electron chi connectivity index (χ4n) is 3.87. The van der Waals surface area contributed by atoms with Gasteiger partial charge in [-0.1, -0.05) is 67.6 Å². The number of para-hydroxylation sites is 1. The molecule has 30 heavy (non-hydrogen) atoms. The maximum absolute atomic E-state index is 12.8. The lowest BCUT2D eigenvalue weighted by molar-refractivity contribution is -0.115. The molecule has 0 atom stereocenters. The van der Waals surface area contributed by atoms with Crippen LogP contribution in [-0.2, 0) is 24.1 Å². The van der Waals surface area contributed by atoms with Crippen molar-refractivity contribution in [2.45, 2.75) is 40.0 Å². The fraction of sp³-hybridized carbons (Fsp3) is 0.231. The highest BCUT2D eigenvalue weighted by Gasteiger charge is 2.15. The normalized spacial score (nSPS) is 11.0. The van der Waals surface area contributed by atoms with Gasteiger partial charge in [0.1, 0.15) is 0 Å². The highest BCUT2D eigenvalue weighted by Crippen LogP contribution is 2.26. The maximum Gasteiger partial charge on any atom is 0.229 e. The van der Waals surface area contributed by atoms with Crippen molar-refractivity contribution in [3.8, 4) is 0 Å². The Kier molecular flexibility index (Phi) is 5.96. The number of hydrogen-bond donors (Lipinski definition) is 1. The minimum absolute atomic E-state index is 0.0162. The van der Waals surface area contributed by atoms with E-state index in [1.54, 1.807) is 11.3 Å². The predicted octanol–water partition coefficient (Wildman–Crippen LogP) is 6.25. The van der Waals surface area contributed by atoms with Gasteiger partial charge in [0.15, 0.2) is 0 Å². The molecule has 0 unspecified atom stereocenters. The van der Waals surface area contributed by atoms with Gasteiger partial charge in [-0.25, -0.2) is 4.98 Å². The number of amides is 1. The van der Waals surface area contributed by atoms with Crippen molar-refractivity contribution < 1.29 is 4.79 Å². The predicted molar refractivity (Wildman–Crippen MR) is 126 cm³/mol. The average molecular weight is 415 g/mol. The third-order valence-corrected chi connectivity index (χ3v) is 6.64. The highest BCUT2D eigenvalue weighted by atomic mass is 32.1. The van der Waals surface area contributed by atoms with Gasteiger partial charge in [0.25, 0.3) is 0 Å². The van der Waals surface area contributed by atoms with E-state index >= 15 is 0 Å². The van der Waals surface area contributed by atoms with Crippen molar-refractivity contribution in [2.24, 2.45) is 0 Å². The molecule has 0 radical (unpaired) electrons. The number of aryl methyl sites for hydroxylation is 3. The summed E-state index contributed by atoms with van der Waals surface area (Å²) >= 11 is 1.64. The molecular formula is C26H26N2OS. The number of nitrogens with one attached hydrogen (secondary N) is 1. The van der Waals surface area contributed by atoms with E-state index in [2.05, 4.69) is 60.8 Å². The van der Waals surface area contributed by atoms with Crippen molar-refractivity contribution in [3.63, 3.8) is 0 Å². The van der Waals surface area contributed by atoms with E-state index in [-0.39, 0.29) is 5.91 Å². The third-order valence-electron chi connectivity index (χ3n) is 5.48. The number of nitrogens with zero attached hydrogens (tertiary/aromatic N) is 1. The Labute approximate surface area is 181 Å². The van der Waals surface area contributed by atoms with Crippen LogP contribution in [0.5, 0.6) is 0 Å². The molecule has 3 aromatic carbocycles. The van der Waals surface area contributed by atoms with Gasteiger partial charge in [-0.15, -0.1) is 11.3 Å². The first-order valence-corrected chi connectivity index (χ1v) is 11.2. The summed E-state index contributed by atoms with van der Waals surface area (Å²) in [6.45, 7) is 6.14. The zero-order valence-electron chi connectivity index (χ0n) is 17.7. The molecule has 0 spiro atoms. The van der Waals surface area contributed by atoms with E-state index in [4.69, 9.17) is 4.98 Å². The molecule has 0 bridgehead atoms. The summed E-state index contributed by atoms with van der Waals surface area (Å²) in [7, 11) is 0. The van der Waals surface area contributed by atoms with Crippen molar-refractivity contribution in [3.05, 3.63) is 92.9 Å². The number of carbonyl (C=O) groups excluding carboxylic acids is 1. The van der Waals surface area contributed by atoms with Crippen LogP contribution in [0.1, 0.15) is 39.2 Å². The molecule has 4 heteroatoms. The van der Waals surface area contributed by atoms with Gasteiger partial charge in [0, 0.05) is 17.0 Å². The largest absolute Gasteiger partial charge is 0.325 e. The van der Waals surface area contributed by atoms with Gasteiger partial charge >= 0.3 is 0 Å². The molecule has 0 fully saturated rings. The van der Waals surface area contributed by atoms with Crippen LogP contribution >= 0.6 is 11.3 Å². The van der Waals surface area contributed by atoms with E-state index in [9.17, 15) is 4.79 Å². The van der Waals surface area contributed by atoms with E-state index in [1.165, 1.54) is 21.9 Å². The van der Waals surface area contributed by atoms with Crippen molar-refractivity contribution in [2.75, 3.05) is 5.32 Å². The zero-order valence-corrected chi connectivity index (χ0v) is 18.5. The molecular weight excluding hydrogens is 388 g/mol. The monoisotopic (exact) mass is 414 g/mol. The molecule has 0 aliphatic carbocycles. The van der Waals surface area contributed by atoms with Crippen LogP contribution in [0.4, 0.5) is 5.69 Å². The number of hydrogen-bond acceptors (Lipinski definition) is 3. The molecule has 0 saturated carbocycles. The minimum atomic E-state index is 0.0162. The Morgan fingerprint density at radius 3 is 2.53 bits per heavy atom. The summed E-state index contributed by atoms with van der Waals surface area (Å²) in [6, 6.07) is 21.0. The van der Waals surface area contributed by atoms with Gasteiger partial charge in [0.2, 0.25) is 5.91 Å². The van der Waals surface area contributed by atoms with Crippen molar-refractivity contribution in [1.29, 1.82) is 0 Å². The van der Waals surface area contributed by atoms with Crippen LogP contribution in [0, 0.1) is 13.8 Å². The van der Waals surface area contributed by atoms with Gasteiger partial charge < -0.3 is 5.32 Å². The van der Waals surface area contributed by atoms with E-state index in [0.29, 0.717) is 6.42 Å². The van der Waals surface area contributed by atoms with E-state index in [0.717, 1.165) is 39.7 Å². The quantitative estimate of drug-likeness (QED) is 0.405.